The molecule has 0 unspecified atom stereocenters. The zero-order valence-electron chi connectivity index (χ0n) is 12.8. The van der Waals surface area contributed by atoms with Gasteiger partial charge in [-0.15, -0.1) is 0 Å². The van der Waals surface area contributed by atoms with E-state index in [1.807, 2.05) is 27.7 Å². The van der Waals surface area contributed by atoms with E-state index in [-0.39, 0.29) is 11.6 Å². The molecule has 0 N–H and O–H groups in total. The third-order valence-electron chi connectivity index (χ3n) is 3.59. The number of benzene rings is 2. The van der Waals surface area contributed by atoms with Gasteiger partial charge in [-0.05, 0) is 63.1 Å². The molecule has 0 atom stereocenters. The Morgan fingerprint density at radius 2 is 0.905 bits per heavy atom. The van der Waals surface area contributed by atoms with E-state index in [9.17, 15) is 8.78 Å². The monoisotopic (exact) mass is 290 g/mol. The van der Waals surface area contributed by atoms with Crippen molar-refractivity contribution in [2.24, 2.45) is 0 Å². The number of rotatable bonds is 4. The molecule has 112 valence electrons. The van der Waals surface area contributed by atoms with E-state index in [1.165, 1.54) is 24.3 Å². The normalized spacial score (nSPS) is 12.5. The Bertz CT molecular complexity index is 543. The summed E-state index contributed by atoms with van der Waals surface area (Å²) in [6, 6.07) is 12.6. The van der Waals surface area contributed by atoms with E-state index in [4.69, 9.17) is 4.74 Å². The molecule has 0 aliphatic rings. The molecular formula is C18H20F2O. The van der Waals surface area contributed by atoms with E-state index in [0.29, 0.717) is 0 Å². The summed E-state index contributed by atoms with van der Waals surface area (Å²) in [5, 5.41) is 0. The zero-order valence-corrected chi connectivity index (χ0v) is 12.8. The van der Waals surface area contributed by atoms with Gasteiger partial charge in [-0.25, -0.2) is 8.78 Å². The lowest BCUT2D eigenvalue weighted by Crippen LogP contribution is -2.33. The first-order chi connectivity index (χ1) is 9.71. The minimum atomic E-state index is -0.592. The molecule has 2 aromatic carbocycles. The average Bonchev–Trinajstić information content (AvgIpc) is 2.38. The van der Waals surface area contributed by atoms with Crippen LogP contribution in [0.3, 0.4) is 0 Å². The van der Waals surface area contributed by atoms with E-state index in [1.54, 1.807) is 24.3 Å². The Balaban J connectivity index is 2.25. The first-order valence-electron chi connectivity index (χ1n) is 6.93. The predicted molar refractivity (Wildman–Crippen MR) is 79.9 cm³/mol. The van der Waals surface area contributed by atoms with E-state index >= 15 is 0 Å². The molecular weight excluding hydrogens is 270 g/mol. The quantitative estimate of drug-likeness (QED) is 0.756. The fourth-order valence-electron chi connectivity index (χ4n) is 2.46. The summed E-state index contributed by atoms with van der Waals surface area (Å²) < 4.78 is 32.3. The maximum absolute atomic E-state index is 13.0. The molecule has 0 bridgehead atoms. The van der Waals surface area contributed by atoms with Crippen molar-refractivity contribution in [2.75, 3.05) is 0 Å². The Morgan fingerprint density at radius 3 is 1.19 bits per heavy atom. The first kappa shape index (κ1) is 15.6. The molecule has 0 aromatic heterocycles. The summed E-state index contributed by atoms with van der Waals surface area (Å²) in [7, 11) is 0. The molecule has 1 nitrogen and oxygen atoms in total. The van der Waals surface area contributed by atoms with Gasteiger partial charge in [-0.2, -0.15) is 0 Å². The second-order valence-corrected chi connectivity index (χ2v) is 6.14. The smallest absolute Gasteiger partial charge is 0.123 e. The van der Waals surface area contributed by atoms with Crippen molar-refractivity contribution in [3.8, 4) is 0 Å². The summed E-state index contributed by atoms with van der Waals surface area (Å²) >= 11 is 0. The second kappa shape index (κ2) is 5.57. The van der Waals surface area contributed by atoms with E-state index in [0.717, 1.165) is 11.1 Å². The molecule has 0 radical (unpaired) electrons. The molecule has 2 rings (SSSR count). The van der Waals surface area contributed by atoms with Gasteiger partial charge in [0.2, 0.25) is 0 Å². The fraction of sp³-hybridized carbons (Fsp3) is 0.333. The van der Waals surface area contributed by atoms with Crippen LogP contribution in [0.2, 0.25) is 0 Å². The molecule has 0 aliphatic heterocycles. The van der Waals surface area contributed by atoms with Crippen molar-refractivity contribution in [3.05, 3.63) is 71.3 Å². The standard InChI is InChI=1S/C18H20F2O/c1-17(2,13-5-9-15(19)10-6-13)21-18(3,4)14-7-11-16(20)12-8-14/h5-12H,1-4H3. The van der Waals surface area contributed by atoms with Crippen LogP contribution >= 0.6 is 0 Å². The number of ether oxygens (including phenoxy) is 1. The first-order valence-corrected chi connectivity index (χ1v) is 6.93. The van der Waals surface area contributed by atoms with Crippen molar-refractivity contribution >= 4 is 0 Å². The fourth-order valence-corrected chi connectivity index (χ4v) is 2.46. The maximum Gasteiger partial charge on any atom is 0.123 e. The topological polar surface area (TPSA) is 9.23 Å². The van der Waals surface area contributed by atoms with Crippen molar-refractivity contribution < 1.29 is 13.5 Å². The summed E-state index contributed by atoms with van der Waals surface area (Å²) in [6.45, 7) is 7.74. The predicted octanol–water partition coefficient (Wildman–Crippen LogP) is 5.15. The number of halogens is 2. The Labute approximate surface area is 124 Å². The summed E-state index contributed by atoms with van der Waals surface area (Å²) in [5.74, 6) is -0.542. The molecule has 0 fully saturated rings. The Morgan fingerprint density at radius 1 is 0.619 bits per heavy atom. The van der Waals surface area contributed by atoms with Crippen LogP contribution in [0.1, 0.15) is 38.8 Å². The third-order valence-corrected chi connectivity index (χ3v) is 3.59. The minimum absolute atomic E-state index is 0.271. The zero-order chi connectivity index (χ0) is 15.7. The van der Waals surface area contributed by atoms with Gasteiger partial charge in [0.05, 0.1) is 11.2 Å². The van der Waals surface area contributed by atoms with E-state index in [2.05, 4.69) is 0 Å². The summed E-state index contributed by atoms with van der Waals surface area (Å²) in [4.78, 5) is 0. The molecule has 0 heterocycles. The Hall–Kier alpha value is -1.74. The molecule has 21 heavy (non-hydrogen) atoms. The van der Waals surface area contributed by atoms with Gasteiger partial charge < -0.3 is 4.74 Å². The maximum atomic E-state index is 13.0. The van der Waals surface area contributed by atoms with Crippen LogP contribution in [0.5, 0.6) is 0 Å². The second-order valence-electron chi connectivity index (χ2n) is 6.14. The number of hydrogen-bond acceptors (Lipinski definition) is 1. The molecule has 2 aromatic rings. The van der Waals surface area contributed by atoms with Gasteiger partial charge in [0.25, 0.3) is 0 Å². The highest BCUT2D eigenvalue weighted by Crippen LogP contribution is 2.35. The molecule has 0 saturated heterocycles. The van der Waals surface area contributed by atoms with Crippen molar-refractivity contribution in [1.82, 2.24) is 0 Å². The molecule has 0 saturated carbocycles. The number of hydrogen-bond donors (Lipinski definition) is 0. The van der Waals surface area contributed by atoms with Crippen LogP contribution in [0.4, 0.5) is 8.78 Å². The lowest BCUT2D eigenvalue weighted by Gasteiger charge is -2.37. The van der Waals surface area contributed by atoms with Crippen molar-refractivity contribution in [1.29, 1.82) is 0 Å². The third kappa shape index (κ3) is 3.67. The highest BCUT2D eigenvalue weighted by molar-refractivity contribution is 5.25. The molecule has 0 amide bonds. The van der Waals surface area contributed by atoms with Crippen LogP contribution in [0.25, 0.3) is 0 Å². The van der Waals surface area contributed by atoms with Crippen LogP contribution in [-0.4, -0.2) is 0 Å². The lowest BCUT2D eigenvalue weighted by atomic mass is 9.93. The van der Waals surface area contributed by atoms with Gasteiger partial charge in [0.1, 0.15) is 11.6 Å². The molecule has 3 heteroatoms. The molecule has 0 aliphatic carbocycles. The lowest BCUT2D eigenvalue weighted by molar-refractivity contribution is -0.132. The minimum Gasteiger partial charge on any atom is -0.360 e. The largest absolute Gasteiger partial charge is 0.360 e. The van der Waals surface area contributed by atoms with Crippen LogP contribution in [-0.2, 0) is 15.9 Å². The van der Waals surface area contributed by atoms with Crippen molar-refractivity contribution in [3.63, 3.8) is 0 Å². The van der Waals surface area contributed by atoms with Gasteiger partial charge >= 0.3 is 0 Å². The highest BCUT2D eigenvalue weighted by atomic mass is 19.1. The van der Waals surface area contributed by atoms with Gasteiger partial charge in [-0.3, -0.25) is 0 Å². The summed E-state index contributed by atoms with van der Waals surface area (Å²) in [5.41, 5.74) is 0.593. The molecule has 0 spiro atoms. The van der Waals surface area contributed by atoms with Gasteiger partial charge in [0.15, 0.2) is 0 Å². The van der Waals surface area contributed by atoms with Crippen molar-refractivity contribution in [2.45, 2.75) is 38.9 Å². The van der Waals surface area contributed by atoms with Crippen LogP contribution in [0.15, 0.2) is 48.5 Å². The highest BCUT2D eigenvalue weighted by Gasteiger charge is 2.32. The summed E-state index contributed by atoms with van der Waals surface area (Å²) in [6.07, 6.45) is 0. The van der Waals surface area contributed by atoms with Gasteiger partial charge in [0, 0.05) is 0 Å². The Kier molecular flexibility index (Phi) is 4.15. The van der Waals surface area contributed by atoms with Gasteiger partial charge in [-0.1, -0.05) is 24.3 Å². The van der Waals surface area contributed by atoms with E-state index < -0.39 is 11.2 Å². The average molecular weight is 290 g/mol. The van der Waals surface area contributed by atoms with Crippen LogP contribution in [0, 0.1) is 11.6 Å². The SMILES string of the molecule is CC(C)(OC(C)(C)c1ccc(F)cc1)c1ccc(F)cc1. The van der Waals surface area contributed by atoms with Crippen LogP contribution < -0.4 is 0 Å².